The molecule has 57 heavy (non-hydrogen) atoms. The maximum atomic E-state index is 13.7. The number of carbonyl (C=O) groups excluding carboxylic acids is 4. The number of carbonyl (C=O) groups is 4. The second-order valence-corrected chi connectivity index (χ2v) is 15.1. The fourth-order valence-corrected chi connectivity index (χ4v) is 7.54. The molecule has 4 heterocycles. The van der Waals surface area contributed by atoms with E-state index < -0.39 is 24.3 Å². The van der Waals surface area contributed by atoms with Gasteiger partial charge in [0.25, 0.3) is 0 Å². The molecular weight excluding hydrogens is 725 g/mol. The van der Waals surface area contributed by atoms with Crippen molar-refractivity contribution in [3.63, 3.8) is 0 Å². The summed E-state index contributed by atoms with van der Waals surface area (Å²) in [6.45, 7) is 15.7. The van der Waals surface area contributed by atoms with Crippen LogP contribution in [0.4, 0.5) is 9.59 Å². The maximum Gasteiger partial charge on any atom is 0.412 e. The largest absolute Gasteiger partial charge is 0.445 e. The van der Waals surface area contributed by atoms with Gasteiger partial charge in [0.15, 0.2) is 0 Å². The molecule has 300 valence electrons. The van der Waals surface area contributed by atoms with Crippen molar-refractivity contribution < 1.29 is 28.7 Å². The first kappa shape index (κ1) is 40.5. The van der Waals surface area contributed by atoms with Gasteiger partial charge >= 0.3 is 12.2 Å². The predicted octanol–water partition coefficient (Wildman–Crippen LogP) is 7.29. The topological polar surface area (TPSA) is 175 Å². The van der Waals surface area contributed by atoms with Crippen LogP contribution in [0.25, 0.3) is 33.6 Å². The van der Waals surface area contributed by atoms with E-state index in [9.17, 15) is 19.2 Å². The fraction of sp³-hybridized carbons (Fsp3) is 0.395. The van der Waals surface area contributed by atoms with Gasteiger partial charge in [-0.2, -0.15) is 0 Å². The smallest absolute Gasteiger partial charge is 0.412 e. The lowest BCUT2D eigenvalue weighted by atomic mass is 10.0. The van der Waals surface area contributed by atoms with Gasteiger partial charge in [0.1, 0.15) is 30.3 Å². The highest BCUT2D eigenvalue weighted by Gasteiger charge is 2.39. The molecule has 14 heteroatoms. The van der Waals surface area contributed by atoms with Crippen molar-refractivity contribution >= 4 is 24.0 Å². The minimum absolute atomic E-state index is 0.0672. The average Bonchev–Trinajstić information content (AvgIpc) is 4.05. The van der Waals surface area contributed by atoms with E-state index in [0.29, 0.717) is 24.7 Å². The van der Waals surface area contributed by atoms with Gasteiger partial charge in [-0.15, -0.1) is 0 Å². The van der Waals surface area contributed by atoms with Crippen molar-refractivity contribution in [1.29, 1.82) is 0 Å². The van der Waals surface area contributed by atoms with Crippen LogP contribution in [0.2, 0.25) is 0 Å². The van der Waals surface area contributed by atoms with Gasteiger partial charge in [-0.1, -0.05) is 95.5 Å². The second-order valence-electron chi connectivity index (χ2n) is 15.1. The van der Waals surface area contributed by atoms with Gasteiger partial charge in [0.05, 0.1) is 42.1 Å². The molecule has 0 bridgehead atoms. The molecule has 4 amide bonds. The Labute approximate surface area is 333 Å². The van der Waals surface area contributed by atoms with Crippen molar-refractivity contribution in [3.05, 3.63) is 98.1 Å². The van der Waals surface area contributed by atoms with E-state index in [-0.39, 0.29) is 42.3 Å². The van der Waals surface area contributed by atoms with E-state index in [1.807, 2.05) is 52.0 Å². The highest BCUT2D eigenvalue weighted by molar-refractivity contribution is 5.87. The van der Waals surface area contributed by atoms with Crippen molar-refractivity contribution in [2.75, 3.05) is 19.7 Å². The average molecular weight is 777 g/mol. The molecule has 2 aliphatic heterocycles. The number of hydrogen-bond acceptors (Lipinski definition) is 8. The zero-order chi connectivity index (χ0) is 40.6. The number of nitrogens with one attached hydrogen (secondary N) is 4. The van der Waals surface area contributed by atoms with Gasteiger partial charge in [0.2, 0.25) is 11.8 Å². The van der Waals surface area contributed by atoms with Crippen molar-refractivity contribution in [2.45, 2.75) is 77.5 Å². The summed E-state index contributed by atoms with van der Waals surface area (Å²) in [6, 6.07) is 14.5. The van der Waals surface area contributed by atoms with E-state index >= 15 is 0 Å². The Morgan fingerprint density at radius 3 is 1.54 bits per heavy atom. The number of likely N-dealkylation sites (tertiary alicyclic amines) is 2. The number of rotatable bonds is 14. The van der Waals surface area contributed by atoms with Crippen LogP contribution in [0, 0.1) is 11.8 Å². The van der Waals surface area contributed by atoms with E-state index in [2.05, 4.69) is 68.0 Å². The Morgan fingerprint density at radius 2 is 1.14 bits per heavy atom. The molecule has 0 saturated carbocycles. The Kier molecular flexibility index (Phi) is 12.9. The predicted molar refractivity (Wildman–Crippen MR) is 216 cm³/mol. The molecule has 6 rings (SSSR count). The van der Waals surface area contributed by atoms with Crippen LogP contribution in [-0.2, 0) is 19.1 Å². The number of amides is 4. The molecule has 4 aromatic rings. The van der Waals surface area contributed by atoms with Gasteiger partial charge < -0.3 is 39.9 Å². The van der Waals surface area contributed by atoms with Gasteiger partial charge in [-0.25, -0.2) is 19.6 Å². The van der Waals surface area contributed by atoms with Crippen LogP contribution < -0.4 is 10.6 Å². The molecular formula is C43H52N8O6. The van der Waals surface area contributed by atoms with Crippen LogP contribution in [0.1, 0.15) is 77.1 Å². The number of aromatic nitrogens is 4. The van der Waals surface area contributed by atoms with Crippen LogP contribution in [0.15, 0.2) is 86.4 Å². The summed E-state index contributed by atoms with van der Waals surface area (Å²) in [7, 11) is 0. The summed E-state index contributed by atoms with van der Waals surface area (Å²) in [5.74, 6) is 0.821. The summed E-state index contributed by atoms with van der Waals surface area (Å²) in [5.41, 5.74) is 5.72. The fourth-order valence-electron chi connectivity index (χ4n) is 7.54. The van der Waals surface area contributed by atoms with Crippen LogP contribution in [0.5, 0.6) is 0 Å². The minimum atomic E-state index is -0.736. The summed E-state index contributed by atoms with van der Waals surface area (Å²) in [6.07, 6.45) is 7.95. The summed E-state index contributed by atoms with van der Waals surface area (Å²) in [5, 5.41) is 5.40. The van der Waals surface area contributed by atoms with E-state index in [0.717, 1.165) is 65.6 Å². The molecule has 2 aromatic heterocycles. The van der Waals surface area contributed by atoms with Crippen molar-refractivity contribution in [2.24, 2.45) is 11.8 Å². The van der Waals surface area contributed by atoms with Crippen LogP contribution >= 0.6 is 0 Å². The zero-order valence-corrected chi connectivity index (χ0v) is 33.0. The summed E-state index contributed by atoms with van der Waals surface area (Å²) < 4.78 is 9.88. The number of aromatic amines is 2. The number of imidazole rings is 2. The minimum Gasteiger partial charge on any atom is -0.445 e. The van der Waals surface area contributed by atoms with Gasteiger partial charge in [-0.05, 0) is 59.8 Å². The highest BCUT2D eigenvalue weighted by Crippen LogP contribution is 2.35. The lowest BCUT2D eigenvalue weighted by Gasteiger charge is -2.30. The third-order valence-corrected chi connectivity index (χ3v) is 10.6. The molecule has 0 aliphatic carbocycles. The molecule has 0 radical (unpaired) electrons. The van der Waals surface area contributed by atoms with Crippen LogP contribution in [-0.4, -0.2) is 85.5 Å². The first-order valence-corrected chi connectivity index (χ1v) is 19.5. The molecule has 2 saturated heterocycles. The Bertz CT molecular complexity index is 2050. The number of nitrogens with zero attached hydrogens (tertiary/aromatic N) is 4. The number of H-pyrrole nitrogens is 2. The number of benzene rings is 2. The molecule has 4 N–H and O–H groups in total. The maximum absolute atomic E-state index is 13.7. The molecule has 2 unspecified atom stereocenters. The number of alkyl carbamates (subject to hydrolysis) is 2. The molecule has 2 fully saturated rings. The molecule has 2 aliphatic rings. The molecule has 4 atom stereocenters. The molecule has 14 nitrogen and oxygen atoms in total. The Morgan fingerprint density at radius 1 is 0.719 bits per heavy atom. The standard InChI is InChI=1S/C43H52N8O6/c1-7-23-57-43(55)49-37(27(5)6)41(53)51-22-10-12-35(51)39-45-25-33(47-39)31-19-15-29(16-20-31)28-13-17-30(18-14-28)32-24-44-38(46-32)34-11-9-21-50(34)40(52)36(26(3)4)48-42(54)56-8-2/h7-8,13-20,24-27,34-37H,1-2,9-12,21-23H2,3-6H3,(H,44,46)(H,45,47)(H,48,54)(H,49,55)/t34?,35?,36-,37-/m0/s1. The van der Waals surface area contributed by atoms with E-state index in [4.69, 9.17) is 9.47 Å². The third kappa shape index (κ3) is 9.28. The SMILES string of the molecule is C=CCOC(=O)N[C@H](C(=O)N1CCCC1c1ncc(-c2ccc(-c3ccc(-c4cnc(C5CCCN5C(=O)[C@@H](NC(=O)OC=C)C(C)C)[nH]4)cc3)cc2)[nH]1)C(C)C. The second kappa shape index (κ2) is 18.2. The van der Waals surface area contributed by atoms with Crippen LogP contribution in [0.3, 0.4) is 0 Å². The van der Waals surface area contributed by atoms with Crippen molar-refractivity contribution in [3.8, 4) is 33.6 Å². The Hall–Kier alpha value is -6.18. The quantitative estimate of drug-likeness (QED) is 0.0763. The molecule has 0 spiro atoms. The third-order valence-electron chi connectivity index (χ3n) is 10.6. The molecule has 2 aromatic carbocycles. The highest BCUT2D eigenvalue weighted by atomic mass is 16.5. The van der Waals surface area contributed by atoms with E-state index in [1.165, 1.54) is 6.08 Å². The lowest BCUT2D eigenvalue weighted by Crippen LogP contribution is -2.51. The lowest BCUT2D eigenvalue weighted by molar-refractivity contribution is -0.136. The number of ether oxygens (including phenoxy) is 2. The van der Waals surface area contributed by atoms with E-state index in [1.54, 1.807) is 22.2 Å². The normalized spacial score (nSPS) is 17.6. The summed E-state index contributed by atoms with van der Waals surface area (Å²) >= 11 is 0. The first-order chi connectivity index (χ1) is 27.5. The monoisotopic (exact) mass is 776 g/mol. The summed E-state index contributed by atoms with van der Waals surface area (Å²) in [4.78, 5) is 71.5. The van der Waals surface area contributed by atoms with Gasteiger partial charge in [0, 0.05) is 13.1 Å². The zero-order valence-electron chi connectivity index (χ0n) is 33.0. The van der Waals surface area contributed by atoms with Crippen molar-refractivity contribution in [1.82, 2.24) is 40.4 Å². The van der Waals surface area contributed by atoms with Gasteiger partial charge in [-0.3, -0.25) is 9.59 Å². The first-order valence-electron chi connectivity index (χ1n) is 19.5. The number of hydrogen-bond donors (Lipinski definition) is 4. The Balaban J connectivity index is 1.09.